The highest BCUT2D eigenvalue weighted by Crippen LogP contribution is 2.20. The molecular formula is C13H19N3O3S. The van der Waals surface area contributed by atoms with Gasteiger partial charge in [-0.25, -0.2) is 9.59 Å². The number of nitrogens with two attached hydrogens (primary N) is 1. The zero-order valence-electron chi connectivity index (χ0n) is 11.0. The van der Waals surface area contributed by atoms with Gasteiger partial charge in [0.25, 0.3) is 0 Å². The van der Waals surface area contributed by atoms with Gasteiger partial charge in [-0.15, -0.1) is 11.3 Å². The first-order valence-corrected chi connectivity index (χ1v) is 7.54. The van der Waals surface area contributed by atoms with E-state index in [-0.39, 0.29) is 12.1 Å². The highest BCUT2D eigenvalue weighted by molar-refractivity contribution is 7.10. The van der Waals surface area contributed by atoms with Gasteiger partial charge in [0.05, 0.1) is 0 Å². The Morgan fingerprint density at radius 3 is 2.75 bits per heavy atom. The number of nitrogens with one attached hydrogen (secondary N) is 2. The summed E-state index contributed by atoms with van der Waals surface area (Å²) in [7, 11) is 0. The van der Waals surface area contributed by atoms with E-state index in [1.54, 1.807) is 17.5 Å². The van der Waals surface area contributed by atoms with E-state index in [1.807, 2.05) is 0 Å². The second-order valence-electron chi connectivity index (χ2n) is 4.96. The molecular weight excluding hydrogens is 278 g/mol. The first-order valence-electron chi connectivity index (χ1n) is 6.66. The minimum atomic E-state index is -1.07. The number of hydrogen-bond acceptors (Lipinski definition) is 4. The third kappa shape index (κ3) is 3.71. The second kappa shape index (κ2) is 6.71. The molecule has 0 saturated heterocycles. The van der Waals surface area contributed by atoms with Crippen LogP contribution in [0.5, 0.6) is 0 Å². The van der Waals surface area contributed by atoms with Gasteiger partial charge in [0.1, 0.15) is 0 Å². The quantitative estimate of drug-likeness (QED) is 0.675. The number of aliphatic carboxylic acids is 1. The fourth-order valence-corrected chi connectivity index (χ4v) is 3.16. The molecule has 1 aromatic heterocycles. The van der Waals surface area contributed by atoms with Gasteiger partial charge in [-0.05, 0) is 24.3 Å². The highest BCUT2D eigenvalue weighted by atomic mass is 32.1. The lowest BCUT2D eigenvalue weighted by atomic mass is 9.91. The van der Waals surface area contributed by atoms with Crippen molar-refractivity contribution < 1.29 is 14.7 Å². The number of carbonyl (C=O) groups excluding carboxylic acids is 1. The summed E-state index contributed by atoms with van der Waals surface area (Å²) in [4.78, 5) is 23.8. The predicted octanol–water partition coefficient (Wildman–Crippen LogP) is 1.44. The minimum Gasteiger partial charge on any atom is -0.479 e. The van der Waals surface area contributed by atoms with Crippen LogP contribution in [0.1, 0.15) is 36.6 Å². The molecule has 0 radical (unpaired) electrons. The molecule has 2 amide bonds. The lowest BCUT2D eigenvalue weighted by molar-refractivity contribution is -0.139. The van der Waals surface area contributed by atoms with Gasteiger partial charge >= 0.3 is 12.0 Å². The Labute approximate surface area is 121 Å². The molecule has 3 unspecified atom stereocenters. The highest BCUT2D eigenvalue weighted by Gasteiger charge is 2.27. The smallest absolute Gasteiger partial charge is 0.331 e. The van der Waals surface area contributed by atoms with E-state index in [9.17, 15) is 14.7 Å². The summed E-state index contributed by atoms with van der Waals surface area (Å²) in [6.07, 6.45) is 3.84. The number of rotatable bonds is 4. The Bertz CT molecular complexity index is 463. The van der Waals surface area contributed by atoms with Crippen molar-refractivity contribution in [1.29, 1.82) is 0 Å². The maximum Gasteiger partial charge on any atom is 0.331 e. The van der Waals surface area contributed by atoms with Crippen LogP contribution in [0.2, 0.25) is 0 Å². The number of urea groups is 1. The van der Waals surface area contributed by atoms with E-state index < -0.39 is 18.0 Å². The maximum absolute atomic E-state index is 11.9. The van der Waals surface area contributed by atoms with E-state index >= 15 is 0 Å². The molecule has 0 spiro atoms. The summed E-state index contributed by atoms with van der Waals surface area (Å²) in [6, 6.07) is 1.81. The Morgan fingerprint density at radius 1 is 1.40 bits per heavy atom. The first-order chi connectivity index (χ1) is 9.58. The van der Waals surface area contributed by atoms with Gasteiger partial charge in [0.2, 0.25) is 0 Å². The molecule has 1 aliphatic rings. The summed E-state index contributed by atoms with van der Waals surface area (Å²) in [6.45, 7) is 0. The first kappa shape index (κ1) is 14.8. The van der Waals surface area contributed by atoms with Crippen LogP contribution in [0, 0.1) is 0 Å². The second-order valence-corrected chi connectivity index (χ2v) is 5.94. The average Bonchev–Trinajstić information content (AvgIpc) is 2.92. The van der Waals surface area contributed by atoms with E-state index in [4.69, 9.17) is 5.73 Å². The lowest BCUT2D eigenvalue weighted by Gasteiger charge is -2.29. The van der Waals surface area contributed by atoms with Crippen LogP contribution in [0.15, 0.2) is 17.5 Å². The van der Waals surface area contributed by atoms with Crippen LogP contribution in [0.3, 0.4) is 0 Å². The average molecular weight is 297 g/mol. The number of carboxylic acid groups (broad SMARTS) is 1. The molecule has 1 aliphatic carbocycles. The third-order valence-corrected chi connectivity index (χ3v) is 4.42. The van der Waals surface area contributed by atoms with Crippen molar-refractivity contribution in [2.45, 2.75) is 43.8 Å². The molecule has 0 aliphatic heterocycles. The summed E-state index contributed by atoms with van der Waals surface area (Å²) < 4.78 is 0. The zero-order valence-corrected chi connectivity index (χ0v) is 11.9. The van der Waals surface area contributed by atoms with Crippen molar-refractivity contribution in [3.05, 3.63) is 22.4 Å². The van der Waals surface area contributed by atoms with Gasteiger partial charge in [-0.2, -0.15) is 0 Å². The zero-order chi connectivity index (χ0) is 14.5. The van der Waals surface area contributed by atoms with Crippen LogP contribution in [-0.2, 0) is 4.79 Å². The molecule has 2 rings (SSSR count). The van der Waals surface area contributed by atoms with Crippen molar-refractivity contribution in [3.63, 3.8) is 0 Å². The summed E-state index contributed by atoms with van der Waals surface area (Å²) >= 11 is 1.30. The maximum atomic E-state index is 11.9. The molecule has 20 heavy (non-hydrogen) atoms. The standard InChI is InChI=1S/C13H19N3O3S/c14-8-4-1-2-5-9(8)15-13(19)16-11(12(17)18)10-6-3-7-20-10/h3,6-9,11H,1-2,4-5,14H2,(H,17,18)(H2,15,16,19). The van der Waals surface area contributed by atoms with E-state index in [2.05, 4.69) is 10.6 Å². The fourth-order valence-electron chi connectivity index (χ4n) is 2.39. The predicted molar refractivity (Wildman–Crippen MR) is 76.6 cm³/mol. The molecule has 1 heterocycles. The lowest BCUT2D eigenvalue weighted by Crippen LogP contribution is -2.53. The van der Waals surface area contributed by atoms with Crippen LogP contribution in [0.25, 0.3) is 0 Å². The summed E-state index contributed by atoms with van der Waals surface area (Å²) in [5, 5.41) is 16.2. The molecule has 6 nitrogen and oxygen atoms in total. The van der Waals surface area contributed by atoms with Crippen molar-refractivity contribution in [3.8, 4) is 0 Å². The van der Waals surface area contributed by atoms with E-state index in [0.29, 0.717) is 4.88 Å². The SMILES string of the molecule is NC1CCCCC1NC(=O)NC(C(=O)O)c1cccs1. The number of hydrogen-bond donors (Lipinski definition) is 4. The van der Waals surface area contributed by atoms with Crippen LogP contribution < -0.4 is 16.4 Å². The molecule has 3 atom stereocenters. The molecule has 1 aromatic rings. The molecule has 0 aromatic carbocycles. The molecule has 0 bridgehead atoms. The topological polar surface area (TPSA) is 104 Å². The van der Waals surface area contributed by atoms with Gasteiger partial charge in [-0.1, -0.05) is 18.9 Å². The Hall–Kier alpha value is -1.60. The van der Waals surface area contributed by atoms with E-state index in [0.717, 1.165) is 25.7 Å². The molecule has 110 valence electrons. The van der Waals surface area contributed by atoms with Crippen LogP contribution in [0.4, 0.5) is 4.79 Å². The monoisotopic (exact) mass is 297 g/mol. The van der Waals surface area contributed by atoms with Crippen molar-refractivity contribution in [1.82, 2.24) is 10.6 Å². The largest absolute Gasteiger partial charge is 0.479 e. The van der Waals surface area contributed by atoms with Gasteiger partial charge < -0.3 is 21.5 Å². The molecule has 1 saturated carbocycles. The summed E-state index contributed by atoms with van der Waals surface area (Å²) in [5.74, 6) is -1.07. The Morgan fingerprint density at radius 2 is 2.15 bits per heavy atom. The van der Waals surface area contributed by atoms with Crippen LogP contribution in [-0.4, -0.2) is 29.2 Å². The van der Waals surface area contributed by atoms with Gasteiger partial charge in [0, 0.05) is 17.0 Å². The molecule has 5 N–H and O–H groups in total. The number of carboxylic acids is 1. The third-order valence-electron chi connectivity index (χ3n) is 3.49. The fraction of sp³-hybridized carbons (Fsp3) is 0.538. The number of amides is 2. The van der Waals surface area contributed by atoms with Crippen LogP contribution >= 0.6 is 11.3 Å². The molecule has 1 fully saturated rings. The minimum absolute atomic E-state index is 0.0560. The van der Waals surface area contributed by atoms with E-state index in [1.165, 1.54) is 11.3 Å². The normalized spacial score (nSPS) is 23.9. The van der Waals surface area contributed by atoms with Crippen molar-refractivity contribution >= 4 is 23.3 Å². The van der Waals surface area contributed by atoms with Crippen molar-refractivity contribution in [2.75, 3.05) is 0 Å². The van der Waals surface area contributed by atoms with Gasteiger partial charge in [0.15, 0.2) is 6.04 Å². The van der Waals surface area contributed by atoms with Crippen molar-refractivity contribution in [2.24, 2.45) is 5.73 Å². The summed E-state index contributed by atoms with van der Waals surface area (Å²) in [5.41, 5.74) is 5.96. The number of carbonyl (C=O) groups is 2. The van der Waals surface area contributed by atoms with Gasteiger partial charge in [-0.3, -0.25) is 0 Å². The Kier molecular flexibility index (Phi) is 4.97. The molecule has 7 heteroatoms. The number of thiophene rings is 1. The Balaban J connectivity index is 1.93.